The van der Waals surface area contributed by atoms with Crippen LogP contribution >= 0.6 is 0 Å². The molecule has 3 aliphatic rings. The lowest BCUT2D eigenvalue weighted by Gasteiger charge is -2.39. The van der Waals surface area contributed by atoms with Crippen molar-refractivity contribution in [1.29, 1.82) is 0 Å². The van der Waals surface area contributed by atoms with Gasteiger partial charge in [-0.3, -0.25) is 9.59 Å². The van der Waals surface area contributed by atoms with Crippen molar-refractivity contribution in [3.63, 3.8) is 0 Å². The number of ether oxygens (including phenoxy) is 3. The van der Waals surface area contributed by atoms with Crippen LogP contribution in [0.2, 0.25) is 0 Å². The minimum absolute atomic E-state index is 0.0407. The number of epoxide rings is 1. The molecule has 2 N–H and O–H groups in total. The van der Waals surface area contributed by atoms with Gasteiger partial charge in [-0.25, -0.2) is 0 Å². The lowest BCUT2D eigenvalue weighted by Crippen LogP contribution is -2.50. The average molecular weight is 476 g/mol. The fourth-order valence-corrected chi connectivity index (χ4v) is 4.90. The fourth-order valence-electron chi connectivity index (χ4n) is 4.90. The summed E-state index contributed by atoms with van der Waals surface area (Å²) in [5.74, 6) is 0.244. The largest absolute Gasteiger partial charge is 0.389 e. The quantitative estimate of drug-likeness (QED) is 0.301. The van der Waals surface area contributed by atoms with Crippen molar-refractivity contribution < 1.29 is 28.9 Å². The maximum Gasteiger partial charge on any atom is 0.244 e. The van der Waals surface area contributed by atoms with Crippen LogP contribution < -0.4 is 5.32 Å². The average Bonchev–Trinajstić information content (AvgIpc) is 3.49. The third kappa shape index (κ3) is 8.15. The molecule has 3 heterocycles. The summed E-state index contributed by atoms with van der Waals surface area (Å²) in [6.45, 7) is 10.2. The maximum absolute atomic E-state index is 12.1. The number of amides is 1. The predicted octanol–water partition coefficient (Wildman–Crippen LogP) is 3.41. The second-order valence-electron chi connectivity index (χ2n) is 10.4. The molecule has 34 heavy (non-hydrogen) atoms. The Morgan fingerprint density at radius 1 is 1.18 bits per heavy atom. The van der Waals surface area contributed by atoms with Gasteiger partial charge >= 0.3 is 0 Å². The molecular formula is C27H41NO6. The molecule has 0 aromatic rings. The second kappa shape index (κ2) is 11.8. The van der Waals surface area contributed by atoms with E-state index >= 15 is 0 Å². The van der Waals surface area contributed by atoms with Gasteiger partial charge in [-0.05, 0) is 46.5 Å². The van der Waals surface area contributed by atoms with Crippen molar-refractivity contribution in [3.8, 4) is 0 Å². The Balaban J connectivity index is 1.49. The minimum Gasteiger partial charge on any atom is -0.389 e. The van der Waals surface area contributed by atoms with E-state index in [2.05, 4.69) is 37.4 Å². The standard InChI is InChI=1S/C27H41NO6/c1-17(6-9-22-14-27(16-32-27)15-23(34-22)13-20(4)30)7-10-25-18(2)12-24(21(5)33-25)28-26(31)11-8-19(3)29/h6-9,11,18-19,21-25,29H,10,12-16H2,1-5H3,(H,28,31)/b9-6+,11-8-,17-7+/t18-,19-,21+,22+,23+,24+,25-,27+/m0/s1. The molecule has 1 spiro atoms. The van der Waals surface area contributed by atoms with Crippen molar-refractivity contribution in [2.45, 2.75) is 109 Å². The highest BCUT2D eigenvalue weighted by Gasteiger charge is 2.51. The Kier molecular flexibility index (Phi) is 9.27. The van der Waals surface area contributed by atoms with E-state index in [0.29, 0.717) is 12.3 Å². The molecule has 0 aromatic heterocycles. The van der Waals surface area contributed by atoms with Crippen LogP contribution in [0.5, 0.6) is 0 Å². The molecule has 0 unspecified atom stereocenters. The number of nitrogens with one attached hydrogen (secondary N) is 1. The topological polar surface area (TPSA) is 97.4 Å². The molecule has 0 aromatic carbocycles. The second-order valence-corrected chi connectivity index (χ2v) is 10.4. The molecule has 0 aliphatic carbocycles. The number of Topliss-reactive ketones (excluding diaryl/α,β-unsaturated/α-hetero) is 1. The van der Waals surface area contributed by atoms with Crippen LogP contribution in [0, 0.1) is 5.92 Å². The highest BCUT2D eigenvalue weighted by atomic mass is 16.6. The van der Waals surface area contributed by atoms with Crippen LogP contribution in [0.4, 0.5) is 0 Å². The molecular weight excluding hydrogens is 434 g/mol. The third-order valence-electron chi connectivity index (χ3n) is 6.92. The van der Waals surface area contributed by atoms with Crippen LogP contribution in [0.25, 0.3) is 0 Å². The summed E-state index contributed by atoms with van der Waals surface area (Å²) >= 11 is 0. The first kappa shape index (κ1) is 26.8. The zero-order chi connectivity index (χ0) is 24.9. The van der Waals surface area contributed by atoms with Gasteiger partial charge in [0.15, 0.2) is 0 Å². The Bertz CT molecular complexity index is 812. The number of allylic oxidation sites excluding steroid dienone is 2. The fraction of sp³-hybridized carbons (Fsp3) is 0.704. The van der Waals surface area contributed by atoms with E-state index in [1.165, 1.54) is 12.2 Å². The highest BCUT2D eigenvalue weighted by molar-refractivity contribution is 5.87. The third-order valence-corrected chi connectivity index (χ3v) is 6.92. The highest BCUT2D eigenvalue weighted by Crippen LogP contribution is 2.43. The summed E-state index contributed by atoms with van der Waals surface area (Å²) in [6.07, 6.45) is 12.2. The molecule has 3 rings (SSSR count). The SMILES string of the molecule is CC(=O)C[C@@H]1C[C@@]2(CO2)C[C@@H](/C=C/C(C)=C/C[C@@H]2O[C@H](C)[C@H](NC(=O)/C=C\[C@H](C)O)C[C@@H]2C)O1. The number of hydrogen-bond acceptors (Lipinski definition) is 6. The van der Waals surface area contributed by atoms with Crippen molar-refractivity contribution in [2.24, 2.45) is 5.92 Å². The van der Waals surface area contributed by atoms with Crippen LogP contribution in [0.1, 0.15) is 66.7 Å². The van der Waals surface area contributed by atoms with Gasteiger partial charge in [0.05, 0.1) is 48.8 Å². The van der Waals surface area contributed by atoms with E-state index in [0.717, 1.165) is 37.9 Å². The smallest absolute Gasteiger partial charge is 0.244 e. The molecule has 190 valence electrons. The number of aliphatic hydroxyl groups is 1. The molecule has 0 saturated carbocycles. The van der Waals surface area contributed by atoms with Crippen LogP contribution in [0.15, 0.2) is 36.0 Å². The number of aliphatic hydroxyl groups excluding tert-OH is 1. The van der Waals surface area contributed by atoms with Crippen molar-refractivity contribution in [2.75, 3.05) is 6.61 Å². The zero-order valence-electron chi connectivity index (χ0n) is 21.2. The van der Waals surface area contributed by atoms with E-state index in [1.807, 2.05) is 6.92 Å². The molecule has 8 atom stereocenters. The van der Waals surface area contributed by atoms with Gasteiger partial charge in [0.25, 0.3) is 0 Å². The number of carbonyl (C=O) groups is 2. The number of hydrogen-bond donors (Lipinski definition) is 2. The van der Waals surface area contributed by atoms with Gasteiger partial charge in [-0.1, -0.05) is 36.8 Å². The summed E-state index contributed by atoms with van der Waals surface area (Å²) in [4.78, 5) is 23.6. The molecule has 1 amide bonds. The van der Waals surface area contributed by atoms with E-state index in [9.17, 15) is 14.7 Å². The Labute approximate surface area is 203 Å². The van der Waals surface area contributed by atoms with Gasteiger partial charge in [-0.15, -0.1) is 0 Å². The van der Waals surface area contributed by atoms with Gasteiger partial charge in [0, 0.05) is 25.3 Å². The first-order chi connectivity index (χ1) is 16.0. The van der Waals surface area contributed by atoms with E-state index in [-0.39, 0.29) is 47.7 Å². The first-order valence-electron chi connectivity index (χ1n) is 12.5. The predicted molar refractivity (Wildman–Crippen MR) is 130 cm³/mol. The van der Waals surface area contributed by atoms with Gasteiger partial charge in [0.1, 0.15) is 5.78 Å². The normalized spacial score (nSPS) is 37.3. The molecule has 3 saturated heterocycles. The van der Waals surface area contributed by atoms with Crippen LogP contribution in [-0.2, 0) is 23.8 Å². The molecule has 0 radical (unpaired) electrons. The van der Waals surface area contributed by atoms with Crippen LogP contribution in [-0.4, -0.2) is 65.6 Å². The van der Waals surface area contributed by atoms with E-state index < -0.39 is 6.10 Å². The van der Waals surface area contributed by atoms with Crippen molar-refractivity contribution in [1.82, 2.24) is 5.32 Å². The first-order valence-corrected chi connectivity index (χ1v) is 12.5. The molecule has 0 bridgehead atoms. The Morgan fingerprint density at radius 2 is 1.91 bits per heavy atom. The summed E-state index contributed by atoms with van der Waals surface area (Å²) in [5.41, 5.74) is 1.05. The van der Waals surface area contributed by atoms with Crippen molar-refractivity contribution in [3.05, 3.63) is 36.0 Å². The molecule has 3 aliphatic heterocycles. The van der Waals surface area contributed by atoms with E-state index in [1.54, 1.807) is 13.8 Å². The molecule has 7 heteroatoms. The number of carbonyl (C=O) groups excluding carboxylic acids is 2. The van der Waals surface area contributed by atoms with Gasteiger partial charge < -0.3 is 24.6 Å². The summed E-state index contributed by atoms with van der Waals surface area (Å²) in [7, 11) is 0. The lowest BCUT2D eigenvalue weighted by molar-refractivity contribution is -0.124. The molecule has 7 nitrogen and oxygen atoms in total. The summed E-state index contributed by atoms with van der Waals surface area (Å²) in [6, 6.07) is -0.0502. The maximum atomic E-state index is 12.1. The summed E-state index contributed by atoms with van der Waals surface area (Å²) < 4.78 is 18.1. The van der Waals surface area contributed by atoms with Gasteiger partial charge in [-0.2, -0.15) is 0 Å². The Hall–Kier alpha value is -1.80. The van der Waals surface area contributed by atoms with Crippen LogP contribution in [0.3, 0.4) is 0 Å². The van der Waals surface area contributed by atoms with Gasteiger partial charge in [0.2, 0.25) is 5.91 Å². The number of ketones is 1. The Morgan fingerprint density at radius 3 is 2.56 bits per heavy atom. The van der Waals surface area contributed by atoms with E-state index in [4.69, 9.17) is 14.2 Å². The van der Waals surface area contributed by atoms with Crippen molar-refractivity contribution >= 4 is 11.7 Å². The minimum atomic E-state index is -0.645. The zero-order valence-corrected chi connectivity index (χ0v) is 21.2. The molecule has 3 fully saturated rings. The summed E-state index contributed by atoms with van der Waals surface area (Å²) in [5, 5.41) is 12.3. The lowest BCUT2D eigenvalue weighted by atomic mass is 9.88. The monoisotopic (exact) mass is 475 g/mol. The number of rotatable bonds is 9.